The lowest BCUT2D eigenvalue weighted by Crippen LogP contribution is -2.68. The van der Waals surface area contributed by atoms with Gasteiger partial charge in [-0.3, -0.25) is 10.5 Å². The fourth-order valence-electron chi connectivity index (χ4n) is 3.24. The highest BCUT2D eigenvalue weighted by atomic mass is 35.5. The van der Waals surface area contributed by atoms with Gasteiger partial charge >= 0.3 is 0 Å². The second kappa shape index (κ2) is 4.93. The minimum Gasteiger partial charge on any atom is -0.345 e. The van der Waals surface area contributed by atoms with Crippen LogP contribution >= 0.6 is 11.6 Å². The summed E-state index contributed by atoms with van der Waals surface area (Å²) in [6.07, 6.45) is 7.49. The van der Waals surface area contributed by atoms with Crippen molar-refractivity contribution >= 4 is 23.7 Å². The maximum absolute atomic E-state index is 12.1. The van der Waals surface area contributed by atoms with Gasteiger partial charge in [-0.25, -0.2) is 4.99 Å². The number of nitrogens with one attached hydrogen (secondary N) is 2. The molecule has 4 N–H and O–H groups in total. The molecule has 2 heterocycles. The quantitative estimate of drug-likeness (QED) is 0.520. The number of alkyl halides is 1. The van der Waals surface area contributed by atoms with Crippen molar-refractivity contribution in [2.24, 2.45) is 10.7 Å². The Bertz CT molecular complexity index is 481. The van der Waals surface area contributed by atoms with E-state index < -0.39 is 5.25 Å². The Morgan fingerprint density at radius 1 is 1.50 bits per heavy atom. The van der Waals surface area contributed by atoms with Crippen molar-refractivity contribution in [3.63, 3.8) is 0 Å². The molecule has 1 fully saturated rings. The Morgan fingerprint density at radius 2 is 2.20 bits per heavy atom. The summed E-state index contributed by atoms with van der Waals surface area (Å²) in [6, 6.07) is 0.602. The molecule has 1 saturated carbocycles. The first-order chi connectivity index (χ1) is 9.52. The van der Waals surface area contributed by atoms with Crippen molar-refractivity contribution < 1.29 is 4.79 Å². The molecule has 0 bridgehead atoms. The third kappa shape index (κ3) is 2.27. The summed E-state index contributed by atoms with van der Waals surface area (Å²) < 4.78 is 0. The average Bonchev–Trinajstić information content (AvgIpc) is 2.89. The molecule has 1 aliphatic carbocycles. The van der Waals surface area contributed by atoms with Crippen LogP contribution in [0.2, 0.25) is 0 Å². The molecule has 110 valence electrons. The predicted octanol–water partition coefficient (Wildman–Crippen LogP) is 0.791. The molecular formula is C13H20ClN5O. The van der Waals surface area contributed by atoms with Crippen LogP contribution in [-0.2, 0) is 4.79 Å². The van der Waals surface area contributed by atoms with Gasteiger partial charge in [-0.2, -0.15) is 0 Å². The van der Waals surface area contributed by atoms with E-state index in [0.717, 1.165) is 19.3 Å². The topological polar surface area (TPSA) is 82.7 Å². The van der Waals surface area contributed by atoms with E-state index in [1.165, 1.54) is 12.8 Å². The number of halogens is 1. The van der Waals surface area contributed by atoms with E-state index in [9.17, 15) is 4.79 Å². The second-order valence-electron chi connectivity index (χ2n) is 5.59. The molecule has 2 atom stereocenters. The zero-order valence-electron chi connectivity index (χ0n) is 11.5. The van der Waals surface area contributed by atoms with E-state index in [4.69, 9.17) is 17.3 Å². The van der Waals surface area contributed by atoms with E-state index in [1.54, 1.807) is 0 Å². The number of nitrogens with zero attached hydrogens (tertiary/aromatic N) is 2. The molecular weight excluding hydrogens is 278 g/mol. The third-order valence-corrected chi connectivity index (χ3v) is 4.35. The van der Waals surface area contributed by atoms with E-state index in [0.29, 0.717) is 17.6 Å². The van der Waals surface area contributed by atoms with Crippen LogP contribution in [0.3, 0.4) is 0 Å². The van der Waals surface area contributed by atoms with Crippen molar-refractivity contribution in [3.8, 4) is 0 Å². The maximum atomic E-state index is 12.1. The Balaban J connectivity index is 1.99. The van der Waals surface area contributed by atoms with E-state index in [-0.39, 0.29) is 11.9 Å². The number of carbonyl (C=O) groups is 1. The van der Waals surface area contributed by atoms with Gasteiger partial charge in [0.2, 0.25) is 5.25 Å². The first-order valence-electron chi connectivity index (χ1n) is 7.17. The molecule has 20 heavy (non-hydrogen) atoms. The Hall–Kier alpha value is -1.27. The van der Waals surface area contributed by atoms with Gasteiger partial charge in [0.15, 0.2) is 5.70 Å². The van der Waals surface area contributed by atoms with Crippen LogP contribution in [0.1, 0.15) is 39.0 Å². The van der Waals surface area contributed by atoms with Crippen LogP contribution in [0.15, 0.2) is 16.5 Å². The van der Waals surface area contributed by atoms with E-state index in [2.05, 4.69) is 27.4 Å². The van der Waals surface area contributed by atoms with Crippen LogP contribution < -0.4 is 16.4 Å². The lowest BCUT2D eigenvalue weighted by Gasteiger charge is -2.45. The van der Waals surface area contributed by atoms with Gasteiger partial charge in [-0.1, -0.05) is 31.4 Å². The van der Waals surface area contributed by atoms with Gasteiger partial charge in [0.25, 0.3) is 5.91 Å². The molecule has 1 unspecified atom stereocenters. The Labute approximate surface area is 123 Å². The molecule has 0 aromatic carbocycles. The number of rotatable bonds is 2. The zero-order valence-corrected chi connectivity index (χ0v) is 12.3. The van der Waals surface area contributed by atoms with Crippen LogP contribution in [-0.4, -0.2) is 34.4 Å². The lowest BCUT2D eigenvalue weighted by atomic mass is 10.1. The monoisotopic (exact) mass is 297 g/mol. The molecule has 2 aliphatic heterocycles. The highest BCUT2D eigenvalue weighted by molar-refractivity contribution is 6.25. The second-order valence-corrected chi connectivity index (χ2v) is 6.18. The summed E-state index contributed by atoms with van der Waals surface area (Å²) >= 11 is 6.07. The summed E-state index contributed by atoms with van der Waals surface area (Å²) in [4.78, 5) is 18.6. The van der Waals surface area contributed by atoms with Crippen LogP contribution in [0.4, 0.5) is 0 Å². The van der Waals surface area contributed by atoms with Gasteiger partial charge in [0.1, 0.15) is 5.82 Å². The summed E-state index contributed by atoms with van der Waals surface area (Å²) in [7, 11) is 0. The largest absolute Gasteiger partial charge is 0.345 e. The minimum atomic E-state index is -1.45. The molecule has 1 amide bonds. The number of hydrogen-bond donors (Lipinski definition) is 3. The van der Waals surface area contributed by atoms with Crippen LogP contribution in [0.5, 0.6) is 0 Å². The molecule has 3 rings (SSSR count). The molecule has 0 radical (unpaired) electrons. The Kier molecular flexibility index (Phi) is 3.38. The van der Waals surface area contributed by atoms with Gasteiger partial charge in [0.05, 0.1) is 6.04 Å². The number of hydrogen-bond acceptors (Lipinski definition) is 5. The Morgan fingerprint density at radius 3 is 2.85 bits per heavy atom. The molecule has 0 aromatic rings. The van der Waals surface area contributed by atoms with Crippen molar-refractivity contribution in [1.82, 2.24) is 15.5 Å². The van der Waals surface area contributed by atoms with Gasteiger partial charge in [-0.15, -0.1) is 0 Å². The summed E-state index contributed by atoms with van der Waals surface area (Å²) in [5, 5.41) is 4.07. The first kappa shape index (κ1) is 13.7. The van der Waals surface area contributed by atoms with Gasteiger partial charge in [0, 0.05) is 12.3 Å². The highest BCUT2D eigenvalue weighted by Gasteiger charge is 2.41. The maximum Gasteiger partial charge on any atom is 0.277 e. The van der Waals surface area contributed by atoms with Crippen molar-refractivity contribution in [2.75, 3.05) is 0 Å². The molecule has 0 spiro atoms. The summed E-state index contributed by atoms with van der Waals surface area (Å²) in [5.41, 5.74) is 6.21. The summed E-state index contributed by atoms with van der Waals surface area (Å²) in [6.45, 7) is 2.11. The molecule has 0 aromatic heterocycles. The fraction of sp³-hybridized carbons (Fsp3) is 0.692. The SMILES string of the molecule is CCC1C=NC2=C(N[C@@](N)(Cl)NC2=O)N1C1CCCC1. The predicted molar refractivity (Wildman–Crippen MR) is 77.7 cm³/mol. The number of aliphatic imine (C=N–C) groups is 1. The number of carbonyl (C=O) groups excluding carboxylic acids is 1. The number of amides is 1. The standard InChI is InChI=1S/C13H20ClN5O/c1-2-8-7-16-10-11(17-13(14,15)18-12(10)20)19(8)9-5-3-4-6-9/h7-9,17H,2-6,15H2,1H3,(H,18,20)/t8?,13-/m0/s1. The van der Waals surface area contributed by atoms with Gasteiger partial charge < -0.3 is 15.5 Å². The molecule has 0 saturated heterocycles. The smallest absolute Gasteiger partial charge is 0.277 e. The first-order valence-corrected chi connectivity index (χ1v) is 7.55. The van der Waals surface area contributed by atoms with E-state index >= 15 is 0 Å². The normalized spacial score (nSPS) is 34.0. The van der Waals surface area contributed by atoms with E-state index in [1.807, 2.05) is 6.21 Å². The van der Waals surface area contributed by atoms with Gasteiger partial charge in [-0.05, 0) is 19.3 Å². The number of nitrogens with two attached hydrogens (primary N) is 1. The lowest BCUT2D eigenvalue weighted by molar-refractivity contribution is -0.119. The highest BCUT2D eigenvalue weighted by Crippen LogP contribution is 2.33. The molecule has 3 aliphatic rings. The zero-order chi connectivity index (χ0) is 14.3. The van der Waals surface area contributed by atoms with Crippen molar-refractivity contribution in [3.05, 3.63) is 11.5 Å². The van der Waals surface area contributed by atoms with Crippen molar-refractivity contribution in [2.45, 2.75) is 56.4 Å². The third-order valence-electron chi connectivity index (χ3n) is 4.16. The molecule has 6 nitrogen and oxygen atoms in total. The fourth-order valence-corrected chi connectivity index (χ4v) is 3.41. The molecule has 7 heteroatoms. The van der Waals surface area contributed by atoms with Crippen LogP contribution in [0.25, 0.3) is 0 Å². The summed E-state index contributed by atoms with van der Waals surface area (Å²) in [5.74, 6) is 0.345. The van der Waals surface area contributed by atoms with Crippen molar-refractivity contribution in [1.29, 1.82) is 0 Å². The minimum absolute atomic E-state index is 0.183. The van der Waals surface area contributed by atoms with Crippen LogP contribution in [0, 0.1) is 0 Å². The average molecular weight is 298 g/mol.